The van der Waals surface area contributed by atoms with Crippen LogP contribution in [0, 0.1) is 0 Å². The van der Waals surface area contributed by atoms with Gasteiger partial charge in [-0.1, -0.05) is 35.9 Å². The van der Waals surface area contributed by atoms with Crippen molar-refractivity contribution in [3.8, 4) is 5.75 Å². The van der Waals surface area contributed by atoms with Crippen LogP contribution in [-0.4, -0.2) is 25.6 Å². The Hall–Kier alpha value is -2.79. The van der Waals surface area contributed by atoms with Crippen LogP contribution in [0.3, 0.4) is 0 Å². The van der Waals surface area contributed by atoms with Crippen LogP contribution in [0.15, 0.2) is 54.6 Å². The largest absolute Gasteiger partial charge is 0.494 e. The van der Waals surface area contributed by atoms with E-state index in [0.29, 0.717) is 11.6 Å². The summed E-state index contributed by atoms with van der Waals surface area (Å²) in [6, 6.07) is 13.9. The number of hydrogen-bond acceptors (Lipinski definition) is 4. The quantitative estimate of drug-likeness (QED) is 0.545. The Kier molecular flexibility index (Phi) is 7.89. The number of carbonyl (C=O) groups excluding carboxylic acids is 2. The molecule has 1 amide bonds. The summed E-state index contributed by atoms with van der Waals surface area (Å²) in [6.07, 6.45) is 3.15. The van der Waals surface area contributed by atoms with Crippen LogP contribution >= 0.6 is 11.6 Å². The molecule has 0 bridgehead atoms. The number of halogens is 1. The molecule has 27 heavy (non-hydrogen) atoms. The molecule has 6 heteroatoms. The molecule has 142 valence electrons. The van der Waals surface area contributed by atoms with Gasteiger partial charge in [0.05, 0.1) is 26.2 Å². The molecule has 2 aromatic carbocycles. The van der Waals surface area contributed by atoms with Gasteiger partial charge in [-0.05, 0) is 48.4 Å². The molecule has 1 unspecified atom stereocenters. The SMILES string of the molecule is CCOc1ccc(/C=C/C(=O)NC(CC(=O)OC)c2ccc(Cl)cc2)cc1. The van der Waals surface area contributed by atoms with Crippen LogP contribution in [0.5, 0.6) is 5.75 Å². The van der Waals surface area contributed by atoms with E-state index in [-0.39, 0.29) is 12.3 Å². The van der Waals surface area contributed by atoms with E-state index in [2.05, 4.69) is 5.32 Å². The van der Waals surface area contributed by atoms with Gasteiger partial charge in [-0.25, -0.2) is 0 Å². The van der Waals surface area contributed by atoms with Gasteiger partial charge in [-0.15, -0.1) is 0 Å². The third kappa shape index (κ3) is 6.79. The number of amides is 1. The van der Waals surface area contributed by atoms with Crippen molar-refractivity contribution in [1.29, 1.82) is 0 Å². The van der Waals surface area contributed by atoms with Gasteiger partial charge < -0.3 is 14.8 Å². The highest BCUT2D eigenvalue weighted by atomic mass is 35.5. The number of benzene rings is 2. The van der Waals surface area contributed by atoms with E-state index in [4.69, 9.17) is 21.1 Å². The van der Waals surface area contributed by atoms with Crippen molar-refractivity contribution in [1.82, 2.24) is 5.32 Å². The smallest absolute Gasteiger partial charge is 0.307 e. The van der Waals surface area contributed by atoms with E-state index in [1.54, 1.807) is 30.3 Å². The van der Waals surface area contributed by atoms with Crippen molar-refractivity contribution in [3.05, 3.63) is 70.8 Å². The molecule has 0 saturated heterocycles. The van der Waals surface area contributed by atoms with E-state index in [1.807, 2.05) is 31.2 Å². The first-order valence-electron chi connectivity index (χ1n) is 8.55. The first-order valence-corrected chi connectivity index (χ1v) is 8.93. The summed E-state index contributed by atoms with van der Waals surface area (Å²) in [5, 5.41) is 3.41. The highest BCUT2D eigenvalue weighted by Gasteiger charge is 2.18. The van der Waals surface area contributed by atoms with Crippen molar-refractivity contribution in [2.24, 2.45) is 0 Å². The Morgan fingerprint density at radius 2 is 1.78 bits per heavy atom. The molecule has 0 radical (unpaired) electrons. The molecule has 0 saturated carbocycles. The molecule has 2 rings (SSSR count). The summed E-state index contributed by atoms with van der Waals surface area (Å²) in [7, 11) is 1.31. The van der Waals surface area contributed by atoms with Crippen LogP contribution < -0.4 is 10.1 Å². The maximum absolute atomic E-state index is 12.3. The van der Waals surface area contributed by atoms with Gasteiger partial charge in [-0.2, -0.15) is 0 Å². The Morgan fingerprint density at radius 1 is 1.11 bits per heavy atom. The molecule has 0 aliphatic heterocycles. The molecule has 5 nitrogen and oxygen atoms in total. The topological polar surface area (TPSA) is 64.6 Å². The first-order chi connectivity index (χ1) is 13.0. The average molecular weight is 388 g/mol. The fourth-order valence-corrected chi connectivity index (χ4v) is 2.56. The van der Waals surface area contributed by atoms with Crippen LogP contribution in [0.1, 0.15) is 30.5 Å². The summed E-state index contributed by atoms with van der Waals surface area (Å²) >= 11 is 5.90. The van der Waals surface area contributed by atoms with Crippen LogP contribution in [0.25, 0.3) is 6.08 Å². The number of esters is 1. The number of carbonyl (C=O) groups is 2. The Balaban J connectivity index is 2.05. The molecule has 1 N–H and O–H groups in total. The standard InChI is InChI=1S/C21H22ClNO4/c1-3-27-18-11-4-15(5-12-18)6-13-20(24)23-19(14-21(25)26-2)16-7-9-17(22)10-8-16/h4-13,19H,3,14H2,1-2H3,(H,23,24)/b13-6+. The van der Waals surface area contributed by atoms with Crippen molar-refractivity contribution in [2.45, 2.75) is 19.4 Å². The molecule has 0 fully saturated rings. The number of methoxy groups -OCH3 is 1. The second-order valence-corrected chi connectivity index (χ2v) is 6.16. The average Bonchev–Trinajstić information content (AvgIpc) is 2.67. The maximum atomic E-state index is 12.3. The maximum Gasteiger partial charge on any atom is 0.307 e. The lowest BCUT2D eigenvalue weighted by Crippen LogP contribution is -2.29. The molecule has 2 aromatic rings. The van der Waals surface area contributed by atoms with Gasteiger partial charge >= 0.3 is 5.97 Å². The normalized spacial score (nSPS) is 11.8. The third-order valence-electron chi connectivity index (χ3n) is 3.81. The molecule has 0 heterocycles. The Morgan fingerprint density at radius 3 is 2.37 bits per heavy atom. The van der Waals surface area contributed by atoms with Gasteiger partial charge in [0.2, 0.25) is 5.91 Å². The van der Waals surface area contributed by atoms with Crippen molar-refractivity contribution in [2.75, 3.05) is 13.7 Å². The van der Waals surface area contributed by atoms with Crippen LogP contribution in [0.4, 0.5) is 0 Å². The lowest BCUT2D eigenvalue weighted by molar-refractivity contribution is -0.141. The van der Waals surface area contributed by atoms with Crippen molar-refractivity contribution < 1.29 is 19.1 Å². The second-order valence-electron chi connectivity index (χ2n) is 5.73. The van der Waals surface area contributed by atoms with E-state index in [0.717, 1.165) is 16.9 Å². The monoisotopic (exact) mass is 387 g/mol. The van der Waals surface area contributed by atoms with E-state index < -0.39 is 12.0 Å². The summed E-state index contributed by atoms with van der Waals surface area (Å²) in [5.41, 5.74) is 1.64. The highest BCUT2D eigenvalue weighted by molar-refractivity contribution is 6.30. The van der Waals surface area contributed by atoms with E-state index in [9.17, 15) is 9.59 Å². The first kappa shape index (κ1) is 20.5. The summed E-state index contributed by atoms with van der Waals surface area (Å²) in [6.45, 7) is 2.52. The third-order valence-corrected chi connectivity index (χ3v) is 4.06. The van der Waals surface area contributed by atoms with Crippen molar-refractivity contribution >= 4 is 29.6 Å². The Bertz CT molecular complexity index is 785. The number of rotatable bonds is 8. The predicted octanol–water partition coefficient (Wildman–Crippen LogP) is 4.17. The van der Waals surface area contributed by atoms with Crippen LogP contribution in [-0.2, 0) is 14.3 Å². The van der Waals surface area contributed by atoms with E-state index >= 15 is 0 Å². The molecular weight excluding hydrogens is 366 g/mol. The minimum atomic E-state index is -0.507. The minimum absolute atomic E-state index is 0.0285. The lowest BCUT2D eigenvalue weighted by Gasteiger charge is -2.17. The zero-order chi connectivity index (χ0) is 19.6. The molecule has 0 aromatic heterocycles. The Labute approximate surface area is 163 Å². The summed E-state index contributed by atoms with van der Waals surface area (Å²) < 4.78 is 10.1. The van der Waals surface area contributed by atoms with Gasteiger partial charge in [0.1, 0.15) is 5.75 Å². The van der Waals surface area contributed by atoms with Gasteiger partial charge in [0, 0.05) is 11.1 Å². The molecule has 0 aliphatic rings. The summed E-state index contributed by atoms with van der Waals surface area (Å²) in [4.78, 5) is 24.0. The van der Waals surface area contributed by atoms with Crippen molar-refractivity contribution in [3.63, 3.8) is 0 Å². The molecular formula is C21H22ClNO4. The fraction of sp³-hybridized carbons (Fsp3) is 0.238. The molecule has 0 spiro atoms. The van der Waals surface area contributed by atoms with Crippen LogP contribution in [0.2, 0.25) is 5.02 Å². The second kappa shape index (κ2) is 10.4. The zero-order valence-corrected chi connectivity index (χ0v) is 16.0. The number of ether oxygens (including phenoxy) is 2. The van der Waals surface area contributed by atoms with E-state index in [1.165, 1.54) is 13.2 Å². The minimum Gasteiger partial charge on any atom is -0.494 e. The highest BCUT2D eigenvalue weighted by Crippen LogP contribution is 2.20. The fourth-order valence-electron chi connectivity index (χ4n) is 2.43. The predicted molar refractivity (Wildman–Crippen MR) is 106 cm³/mol. The number of hydrogen-bond donors (Lipinski definition) is 1. The van der Waals surface area contributed by atoms with Gasteiger partial charge in [0.25, 0.3) is 0 Å². The zero-order valence-electron chi connectivity index (χ0n) is 15.3. The number of nitrogens with one attached hydrogen (secondary N) is 1. The lowest BCUT2D eigenvalue weighted by atomic mass is 10.0. The molecule has 1 atom stereocenters. The summed E-state index contributed by atoms with van der Waals surface area (Å²) in [5.74, 6) is 0.0541. The van der Waals surface area contributed by atoms with Gasteiger partial charge in [-0.3, -0.25) is 9.59 Å². The molecule has 0 aliphatic carbocycles. The van der Waals surface area contributed by atoms with Gasteiger partial charge in [0.15, 0.2) is 0 Å².